The van der Waals surface area contributed by atoms with Crippen LogP contribution in [0, 0.1) is 0 Å². The molecular weight excluding hydrogens is 270 g/mol. The van der Waals surface area contributed by atoms with Crippen molar-refractivity contribution in [3.8, 4) is 11.5 Å². The zero-order chi connectivity index (χ0) is 15.4. The van der Waals surface area contributed by atoms with Gasteiger partial charge in [0.1, 0.15) is 0 Å². The Labute approximate surface area is 124 Å². The smallest absolute Gasteiger partial charge is 0.264 e. The number of nitrogens with two attached hydrogens (primary N) is 1. The van der Waals surface area contributed by atoms with Gasteiger partial charge >= 0.3 is 0 Å². The maximum absolute atomic E-state index is 5.85. The summed E-state index contributed by atoms with van der Waals surface area (Å²) in [6.45, 7) is 6.13. The Morgan fingerprint density at radius 1 is 1.24 bits per heavy atom. The van der Waals surface area contributed by atoms with E-state index in [-0.39, 0.29) is 18.6 Å². The van der Waals surface area contributed by atoms with E-state index in [0.717, 1.165) is 5.56 Å². The molecule has 0 saturated heterocycles. The Morgan fingerprint density at radius 3 is 2.57 bits per heavy atom. The molecule has 1 aromatic carbocycles. The molecule has 0 unspecified atom stereocenters. The van der Waals surface area contributed by atoms with E-state index >= 15 is 0 Å². The predicted molar refractivity (Wildman–Crippen MR) is 78.3 cm³/mol. The molecule has 6 nitrogen and oxygen atoms in total. The first-order chi connectivity index (χ1) is 10.0. The number of nitrogens with zero attached hydrogens (tertiary/aromatic N) is 2. The van der Waals surface area contributed by atoms with Gasteiger partial charge in [-0.2, -0.15) is 4.98 Å². The van der Waals surface area contributed by atoms with E-state index in [1.54, 1.807) is 7.11 Å². The molecule has 1 aromatic heterocycles. The molecule has 1 atom stereocenters. The zero-order valence-corrected chi connectivity index (χ0v) is 12.8. The van der Waals surface area contributed by atoms with Gasteiger partial charge in [0.15, 0.2) is 23.9 Å². The third-order valence-electron chi connectivity index (χ3n) is 3.06. The normalized spacial score (nSPS) is 12.5. The molecule has 0 aliphatic rings. The zero-order valence-electron chi connectivity index (χ0n) is 12.8. The molecule has 21 heavy (non-hydrogen) atoms. The summed E-state index contributed by atoms with van der Waals surface area (Å²) in [5.41, 5.74) is 6.84. The highest BCUT2D eigenvalue weighted by atomic mass is 16.5. The number of hydrogen-bond donors (Lipinski definition) is 1. The lowest BCUT2D eigenvalue weighted by Gasteiger charge is -2.12. The summed E-state index contributed by atoms with van der Waals surface area (Å²) in [4.78, 5) is 4.26. The number of aromatic nitrogens is 2. The van der Waals surface area contributed by atoms with Crippen molar-refractivity contribution in [2.45, 2.75) is 39.3 Å². The summed E-state index contributed by atoms with van der Waals surface area (Å²) in [5.74, 6) is 2.59. The Kier molecular flexibility index (Phi) is 4.80. The molecule has 2 aromatic rings. The van der Waals surface area contributed by atoms with E-state index in [1.165, 1.54) is 0 Å². The van der Waals surface area contributed by atoms with E-state index in [2.05, 4.69) is 10.1 Å². The van der Waals surface area contributed by atoms with Crippen molar-refractivity contribution in [1.29, 1.82) is 0 Å². The van der Waals surface area contributed by atoms with Crippen molar-refractivity contribution < 1.29 is 14.0 Å². The van der Waals surface area contributed by atoms with Gasteiger partial charge in [-0.3, -0.25) is 0 Å². The Morgan fingerprint density at radius 2 is 2.00 bits per heavy atom. The molecule has 1 heterocycles. The quantitative estimate of drug-likeness (QED) is 0.881. The van der Waals surface area contributed by atoms with Gasteiger partial charge in [-0.25, -0.2) is 0 Å². The van der Waals surface area contributed by atoms with Crippen molar-refractivity contribution in [2.75, 3.05) is 7.11 Å². The van der Waals surface area contributed by atoms with Gasteiger partial charge in [0.2, 0.25) is 0 Å². The average Bonchev–Trinajstić information content (AvgIpc) is 2.93. The van der Waals surface area contributed by atoms with Crippen molar-refractivity contribution in [3.05, 3.63) is 35.5 Å². The summed E-state index contributed by atoms with van der Waals surface area (Å²) < 4.78 is 16.1. The number of benzene rings is 1. The highest BCUT2D eigenvalue weighted by Gasteiger charge is 2.12. The maximum Gasteiger partial charge on any atom is 0.264 e. The lowest BCUT2D eigenvalue weighted by Crippen LogP contribution is -2.06. The average molecular weight is 291 g/mol. The molecule has 114 valence electrons. The van der Waals surface area contributed by atoms with E-state index in [4.69, 9.17) is 19.7 Å². The first-order valence-corrected chi connectivity index (χ1v) is 6.90. The second-order valence-electron chi connectivity index (χ2n) is 5.19. The van der Waals surface area contributed by atoms with Gasteiger partial charge < -0.3 is 19.7 Å². The van der Waals surface area contributed by atoms with Crippen molar-refractivity contribution in [2.24, 2.45) is 5.73 Å². The summed E-state index contributed by atoms with van der Waals surface area (Å²) in [6, 6.07) is 5.55. The fourth-order valence-corrected chi connectivity index (χ4v) is 1.79. The van der Waals surface area contributed by atoms with Gasteiger partial charge in [-0.05, 0) is 24.6 Å². The third-order valence-corrected chi connectivity index (χ3v) is 3.06. The summed E-state index contributed by atoms with van der Waals surface area (Å²) >= 11 is 0. The molecular formula is C15H21N3O3. The Bertz CT molecular complexity index is 594. The maximum atomic E-state index is 5.85. The second-order valence-corrected chi connectivity index (χ2v) is 5.19. The van der Waals surface area contributed by atoms with Gasteiger partial charge in [0, 0.05) is 12.0 Å². The fraction of sp³-hybridized carbons (Fsp3) is 0.467. The van der Waals surface area contributed by atoms with E-state index in [9.17, 15) is 0 Å². The minimum Gasteiger partial charge on any atom is -0.493 e. The van der Waals surface area contributed by atoms with Crippen molar-refractivity contribution in [3.63, 3.8) is 0 Å². The molecule has 0 radical (unpaired) electrons. The van der Waals surface area contributed by atoms with Crippen LogP contribution >= 0.6 is 0 Å². The van der Waals surface area contributed by atoms with Crippen LogP contribution in [0.5, 0.6) is 11.5 Å². The largest absolute Gasteiger partial charge is 0.493 e. The van der Waals surface area contributed by atoms with Gasteiger partial charge in [-0.15, -0.1) is 0 Å². The number of methoxy groups -OCH3 is 1. The minimum absolute atomic E-state index is 0.0579. The molecule has 2 rings (SSSR count). The van der Waals surface area contributed by atoms with Crippen LogP contribution in [0.2, 0.25) is 0 Å². The van der Waals surface area contributed by atoms with Crippen LogP contribution in [0.4, 0.5) is 0 Å². The van der Waals surface area contributed by atoms with Gasteiger partial charge in [-0.1, -0.05) is 25.1 Å². The first-order valence-electron chi connectivity index (χ1n) is 6.90. The molecule has 0 saturated carbocycles. The molecule has 2 N–H and O–H groups in total. The van der Waals surface area contributed by atoms with Crippen LogP contribution in [0.25, 0.3) is 0 Å². The summed E-state index contributed by atoms with van der Waals surface area (Å²) in [6.07, 6.45) is 0. The lowest BCUT2D eigenvalue weighted by molar-refractivity contribution is 0.233. The van der Waals surface area contributed by atoms with E-state index in [0.29, 0.717) is 23.2 Å². The topological polar surface area (TPSA) is 83.4 Å². The molecule has 0 aliphatic heterocycles. The van der Waals surface area contributed by atoms with Crippen molar-refractivity contribution in [1.82, 2.24) is 10.1 Å². The summed E-state index contributed by atoms with van der Waals surface area (Å²) in [7, 11) is 1.59. The van der Waals surface area contributed by atoms with Crippen LogP contribution < -0.4 is 15.2 Å². The Balaban J connectivity index is 2.08. The minimum atomic E-state index is -0.0579. The van der Waals surface area contributed by atoms with Crippen LogP contribution in [0.3, 0.4) is 0 Å². The van der Waals surface area contributed by atoms with E-state index in [1.807, 2.05) is 39.0 Å². The van der Waals surface area contributed by atoms with Gasteiger partial charge in [0.05, 0.1) is 7.11 Å². The highest BCUT2D eigenvalue weighted by molar-refractivity contribution is 5.43. The van der Waals surface area contributed by atoms with Crippen LogP contribution in [0.15, 0.2) is 22.7 Å². The number of rotatable bonds is 6. The van der Waals surface area contributed by atoms with Crippen LogP contribution in [0.1, 0.15) is 50.0 Å². The fourth-order valence-electron chi connectivity index (χ4n) is 1.79. The summed E-state index contributed by atoms with van der Waals surface area (Å²) in [5, 5.41) is 3.89. The number of ether oxygens (including phenoxy) is 2. The standard InChI is InChI=1S/C15H21N3O3/c1-9(2)15-17-14(21-18-15)8-20-12-6-5-11(10(3)16)7-13(12)19-4/h5-7,9-10H,8,16H2,1-4H3/t10-/m0/s1. The molecule has 6 heteroatoms. The molecule has 0 fully saturated rings. The highest BCUT2D eigenvalue weighted by Crippen LogP contribution is 2.30. The van der Waals surface area contributed by atoms with E-state index < -0.39 is 0 Å². The van der Waals surface area contributed by atoms with Crippen molar-refractivity contribution >= 4 is 0 Å². The second kappa shape index (κ2) is 6.58. The first kappa shape index (κ1) is 15.3. The molecule has 0 spiro atoms. The van der Waals surface area contributed by atoms with Gasteiger partial charge in [0.25, 0.3) is 5.89 Å². The van der Waals surface area contributed by atoms with Crippen LogP contribution in [-0.4, -0.2) is 17.3 Å². The monoisotopic (exact) mass is 291 g/mol. The SMILES string of the molecule is COc1cc([C@H](C)N)ccc1OCc1nc(C(C)C)no1. The molecule has 0 amide bonds. The third kappa shape index (κ3) is 3.72. The molecule has 0 bridgehead atoms. The molecule has 0 aliphatic carbocycles. The van der Waals surface area contributed by atoms with Crippen LogP contribution in [-0.2, 0) is 6.61 Å². The number of hydrogen-bond acceptors (Lipinski definition) is 6. The Hall–Kier alpha value is -2.08. The predicted octanol–water partition coefficient (Wildman–Crippen LogP) is 2.80. The lowest BCUT2D eigenvalue weighted by atomic mass is 10.1.